The molecule has 0 aromatic heterocycles. The number of benzene rings is 1. The van der Waals surface area contributed by atoms with Gasteiger partial charge in [0.05, 0.1) is 0 Å². The molecular formula is C16H13NOS. The second-order valence-corrected chi connectivity index (χ2v) is 5.29. The van der Waals surface area contributed by atoms with Gasteiger partial charge in [0.2, 0.25) is 0 Å². The zero-order valence-corrected chi connectivity index (χ0v) is 11.1. The number of allylic oxidation sites excluding steroid dienone is 6. The number of para-hydroxylation sites is 1. The van der Waals surface area contributed by atoms with Crippen LogP contribution in [0.2, 0.25) is 0 Å². The largest absolute Gasteiger partial charge is 0.322 e. The first-order valence-corrected chi connectivity index (χ1v) is 7.11. The molecule has 19 heavy (non-hydrogen) atoms. The van der Waals surface area contributed by atoms with Gasteiger partial charge in [-0.1, -0.05) is 42.5 Å². The number of hydrogen-bond donors (Lipinski definition) is 1. The summed E-state index contributed by atoms with van der Waals surface area (Å²) in [5.41, 5.74) is 2.72. The van der Waals surface area contributed by atoms with E-state index in [1.54, 1.807) is 11.8 Å². The van der Waals surface area contributed by atoms with Crippen LogP contribution in [0.15, 0.2) is 76.8 Å². The van der Waals surface area contributed by atoms with Gasteiger partial charge in [-0.3, -0.25) is 4.79 Å². The quantitative estimate of drug-likeness (QED) is 0.885. The van der Waals surface area contributed by atoms with Crippen LogP contribution in [0, 0.1) is 0 Å². The summed E-state index contributed by atoms with van der Waals surface area (Å²) in [6.07, 6.45) is 10.0. The summed E-state index contributed by atoms with van der Waals surface area (Å²) in [5.74, 6) is 0.724. The van der Waals surface area contributed by atoms with Gasteiger partial charge in [0.15, 0.2) is 0 Å². The lowest BCUT2D eigenvalue weighted by atomic mass is 10.1. The summed E-state index contributed by atoms with van der Waals surface area (Å²) in [7, 11) is 0. The fourth-order valence-electron chi connectivity index (χ4n) is 2.05. The normalized spacial score (nSPS) is 16.9. The number of anilines is 1. The molecule has 0 unspecified atom stereocenters. The molecule has 1 aliphatic carbocycles. The molecule has 94 valence electrons. The highest BCUT2D eigenvalue weighted by Gasteiger charge is 2.23. The van der Waals surface area contributed by atoms with Gasteiger partial charge in [0, 0.05) is 21.9 Å². The molecule has 0 radical (unpaired) electrons. The van der Waals surface area contributed by atoms with Crippen LogP contribution in [0.25, 0.3) is 0 Å². The molecule has 2 nitrogen and oxygen atoms in total. The van der Waals surface area contributed by atoms with E-state index in [1.807, 2.05) is 54.6 Å². The fraction of sp³-hybridized carbons (Fsp3) is 0.0625. The van der Waals surface area contributed by atoms with Crippen molar-refractivity contribution in [1.82, 2.24) is 0 Å². The zero-order valence-electron chi connectivity index (χ0n) is 10.3. The van der Waals surface area contributed by atoms with Crippen LogP contribution in [-0.2, 0) is 4.79 Å². The van der Waals surface area contributed by atoms with Crippen molar-refractivity contribution in [3.8, 4) is 0 Å². The van der Waals surface area contributed by atoms with E-state index in [0.717, 1.165) is 22.6 Å². The minimum absolute atomic E-state index is 0.0105. The van der Waals surface area contributed by atoms with E-state index >= 15 is 0 Å². The third kappa shape index (κ3) is 2.56. The van der Waals surface area contributed by atoms with Gasteiger partial charge < -0.3 is 5.32 Å². The number of hydrogen-bond acceptors (Lipinski definition) is 2. The molecule has 0 saturated heterocycles. The van der Waals surface area contributed by atoms with Crippen molar-refractivity contribution in [3.63, 3.8) is 0 Å². The van der Waals surface area contributed by atoms with Gasteiger partial charge in [0.1, 0.15) is 0 Å². The molecule has 2 aliphatic rings. The molecule has 3 heteroatoms. The van der Waals surface area contributed by atoms with E-state index in [0.29, 0.717) is 0 Å². The number of thioether (sulfide) groups is 1. The van der Waals surface area contributed by atoms with Gasteiger partial charge >= 0.3 is 0 Å². The summed E-state index contributed by atoms with van der Waals surface area (Å²) < 4.78 is 0. The molecule has 0 saturated carbocycles. The lowest BCUT2D eigenvalue weighted by molar-refractivity contribution is -0.112. The van der Waals surface area contributed by atoms with Crippen LogP contribution < -0.4 is 5.32 Å². The molecule has 1 aromatic rings. The van der Waals surface area contributed by atoms with Crippen molar-refractivity contribution < 1.29 is 4.79 Å². The second kappa shape index (κ2) is 5.33. The monoisotopic (exact) mass is 267 g/mol. The summed E-state index contributed by atoms with van der Waals surface area (Å²) in [4.78, 5) is 13.5. The third-order valence-electron chi connectivity index (χ3n) is 3.00. The van der Waals surface area contributed by atoms with E-state index in [4.69, 9.17) is 0 Å². The first kappa shape index (κ1) is 12.1. The Labute approximate surface area is 116 Å². The molecule has 0 atom stereocenters. The van der Waals surface area contributed by atoms with E-state index < -0.39 is 0 Å². The SMILES string of the molecule is O=C(Nc1ccccc1)C1=C2C=CC=CC=C2SC1. The smallest absolute Gasteiger partial charge is 0.253 e. The van der Waals surface area contributed by atoms with Crippen molar-refractivity contribution in [1.29, 1.82) is 0 Å². The minimum Gasteiger partial charge on any atom is -0.322 e. The predicted octanol–water partition coefficient (Wildman–Crippen LogP) is 3.68. The number of fused-ring (bicyclic) bond motifs is 1. The number of carbonyl (C=O) groups excluding carboxylic acids is 1. The summed E-state index contributed by atoms with van der Waals surface area (Å²) in [6.45, 7) is 0. The van der Waals surface area contributed by atoms with Crippen molar-refractivity contribution in [2.45, 2.75) is 0 Å². The van der Waals surface area contributed by atoms with Crippen molar-refractivity contribution in [2.75, 3.05) is 11.1 Å². The number of nitrogens with one attached hydrogen (secondary N) is 1. The van der Waals surface area contributed by atoms with Crippen LogP contribution in [0.4, 0.5) is 5.69 Å². The average Bonchev–Trinajstić information content (AvgIpc) is 2.69. The fourth-order valence-corrected chi connectivity index (χ4v) is 3.16. The average molecular weight is 267 g/mol. The van der Waals surface area contributed by atoms with Crippen LogP contribution in [0.3, 0.4) is 0 Å². The zero-order chi connectivity index (χ0) is 13.1. The lowest BCUT2D eigenvalue weighted by Gasteiger charge is -2.06. The molecule has 1 heterocycles. The van der Waals surface area contributed by atoms with E-state index in [1.165, 1.54) is 4.91 Å². The Kier molecular flexibility index (Phi) is 3.38. The number of amides is 1. The third-order valence-corrected chi connectivity index (χ3v) is 4.10. The van der Waals surface area contributed by atoms with E-state index in [-0.39, 0.29) is 5.91 Å². The van der Waals surface area contributed by atoms with Crippen LogP contribution >= 0.6 is 11.8 Å². The highest BCUT2D eigenvalue weighted by molar-refractivity contribution is 8.03. The van der Waals surface area contributed by atoms with E-state index in [2.05, 4.69) is 11.4 Å². The Morgan fingerprint density at radius 3 is 2.79 bits per heavy atom. The summed E-state index contributed by atoms with van der Waals surface area (Å²) in [6, 6.07) is 9.55. The standard InChI is InChI=1S/C16H13NOS/c18-16(17-12-7-3-1-4-8-12)14-11-19-15-10-6-2-5-9-13(14)15/h1-10H,11H2,(H,17,18). The maximum absolute atomic E-state index is 12.3. The van der Waals surface area contributed by atoms with Gasteiger partial charge in [-0.15, -0.1) is 11.8 Å². The molecule has 0 fully saturated rings. The maximum atomic E-state index is 12.3. The van der Waals surface area contributed by atoms with Gasteiger partial charge in [0.25, 0.3) is 5.91 Å². The number of rotatable bonds is 2. The van der Waals surface area contributed by atoms with Gasteiger partial charge in [-0.25, -0.2) is 0 Å². The Morgan fingerprint density at radius 2 is 1.95 bits per heavy atom. The first-order chi connectivity index (χ1) is 9.34. The Morgan fingerprint density at radius 1 is 1.11 bits per heavy atom. The van der Waals surface area contributed by atoms with Crippen molar-refractivity contribution >= 4 is 23.4 Å². The van der Waals surface area contributed by atoms with Crippen LogP contribution in [-0.4, -0.2) is 11.7 Å². The Bertz CT molecular complexity index is 623. The predicted molar refractivity (Wildman–Crippen MR) is 80.9 cm³/mol. The van der Waals surface area contributed by atoms with Crippen molar-refractivity contribution in [2.24, 2.45) is 0 Å². The molecular weight excluding hydrogens is 254 g/mol. The minimum atomic E-state index is -0.0105. The highest BCUT2D eigenvalue weighted by Crippen LogP contribution is 2.38. The summed E-state index contributed by atoms with van der Waals surface area (Å²) >= 11 is 1.71. The topological polar surface area (TPSA) is 29.1 Å². The summed E-state index contributed by atoms with van der Waals surface area (Å²) in [5, 5.41) is 2.95. The van der Waals surface area contributed by atoms with E-state index in [9.17, 15) is 4.79 Å². The van der Waals surface area contributed by atoms with Crippen molar-refractivity contribution in [3.05, 3.63) is 76.8 Å². The second-order valence-electron chi connectivity index (χ2n) is 4.28. The molecule has 1 amide bonds. The van der Waals surface area contributed by atoms with Crippen LogP contribution in [0.5, 0.6) is 0 Å². The maximum Gasteiger partial charge on any atom is 0.253 e. The molecule has 0 bridgehead atoms. The molecule has 1 aromatic carbocycles. The lowest BCUT2D eigenvalue weighted by Crippen LogP contribution is -2.15. The molecule has 1 N–H and O–H groups in total. The Hall–Kier alpha value is -2.00. The molecule has 3 rings (SSSR count). The molecule has 1 aliphatic heterocycles. The first-order valence-electron chi connectivity index (χ1n) is 6.12. The van der Waals surface area contributed by atoms with Crippen LogP contribution in [0.1, 0.15) is 0 Å². The number of carbonyl (C=O) groups is 1. The van der Waals surface area contributed by atoms with Gasteiger partial charge in [-0.2, -0.15) is 0 Å². The highest BCUT2D eigenvalue weighted by atomic mass is 32.2. The molecule has 0 spiro atoms. The van der Waals surface area contributed by atoms with Gasteiger partial charge in [-0.05, 0) is 23.8 Å². The Balaban J connectivity index is 1.86.